The summed E-state index contributed by atoms with van der Waals surface area (Å²) >= 11 is 0. The maximum absolute atomic E-state index is 10.1. The number of aryl methyl sites for hydroxylation is 1. The molecule has 1 atom stereocenters. The molecule has 0 amide bonds. The maximum atomic E-state index is 10.1. The van der Waals surface area contributed by atoms with Crippen LogP contribution in [-0.4, -0.2) is 20.1 Å². The number of hydrogen-bond donors (Lipinski definition) is 1. The van der Waals surface area contributed by atoms with Crippen molar-refractivity contribution in [3.05, 3.63) is 11.9 Å². The van der Waals surface area contributed by atoms with Gasteiger partial charge in [0, 0.05) is 6.54 Å². The highest BCUT2D eigenvalue weighted by molar-refractivity contribution is 4.98. The zero-order valence-electron chi connectivity index (χ0n) is 11.8. The van der Waals surface area contributed by atoms with E-state index in [-0.39, 0.29) is 0 Å². The lowest BCUT2D eigenvalue weighted by molar-refractivity contribution is 0.152. The first-order valence-electron chi connectivity index (χ1n) is 7.36. The predicted molar refractivity (Wildman–Crippen MR) is 73.3 cm³/mol. The van der Waals surface area contributed by atoms with E-state index < -0.39 is 6.10 Å². The maximum Gasteiger partial charge on any atom is 0.0973 e. The van der Waals surface area contributed by atoms with E-state index in [4.69, 9.17) is 0 Å². The van der Waals surface area contributed by atoms with Gasteiger partial charge in [0.1, 0.15) is 0 Å². The van der Waals surface area contributed by atoms with Crippen LogP contribution >= 0.6 is 0 Å². The third kappa shape index (κ3) is 5.17. The van der Waals surface area contributed by atoms with Crippen LogP contribution in [0.4, 0.5) is 0 Å². The average Bonchev–Trinajstić information content (AvgIpc) is 2.85. The molecule has 0 saturated heterocycles. The first-order valence-corrected chi connectivity index (χ1v) is 7.36. The summed E-state index contributed by atoms with van der Waals surface area (Å²) < 4.78 is 1.77. The summed E-state index contributed by atoms with van der Waals surface area (Å²) in [4.78, 5) is 0. The molecule has 0 fully saturated rings. The predicted octanol–water partition coefficient (Wildman–Crippen LogP) is 3.47. The van der Waals surface area contributed by atoms with Gasteiger partial charge in [0.05, 0.1) is 18.0 Å². The van der Waals surface area contributed by atoms with Crippen LogP contribution in [0.2, 0.25) is 0 Å². The van der Waals surface area contributed by atoms with Crippen molar-refractivity contribution in [2.45, 2.75) is 77.9 Å². The van der Waals surface area contributed by atoms with Crippen molar-refractivity contribution < 1.29 is 5.11 Å². The molecule has 18 heavy (non-hydrogen) atoms. The van der Waals surface area contributed by atoms with E-state index in [0.29, 0.717) is 0 Å². The Kier molecular flexibility index (Phi) is 7.65. The van der Waals surface area contributed by atoms with Gasteiger partial charge in [-0.25, -0.2) is 4.68 Å². The van der Waals surface area contributed by atoms with Crippen molar-refractivity contribution in [1.82, 2.24) is 15.0 Å². The lowest BCUT2D eigenvalue weighted by Crippen LogP contribution is -2.08. The van der Waals surface area contributed by atoms with Crippen molar-refractivity contribution >= 4 is 0 Å². The first kappa shape index (κ1) is 15.2. The summed E-state index contributed by atoms with van der Waals surface area (Å²) in [6.45, 7) is 5.02. The highest BCUT2D eigenvalue weighted by Crippen LogP contribution is 2.19. The van der Waals surface area contributed by atoms with E-state index in [1.54, 1.807) is 10.9 Å². The van der Waals surface area contributed by atoms with Gasteiger partial charge in [-0.2, -0.15) is 0 Å². The zero-order chi connectivity index (χ0) is 13.2. The number of unbranched alkanes of at least 4 members (excludes halogenated alkanes) is 6. The monoisotopic (exact) mass is 253 g/mol. The number of aromatic nitrogens is 3. The molecule has 0 spiro atoms. The van der Waals surface area contributed by atoms with Gasteiger partial charge < -0.3 is 5.11 Å². The average molecular weight is 253 g/mol. The molecule has 1 aromatic heterocycles. The summed E-state index contributed by atoms with van der Waals surface area (Å²) in [6.07, 6.45) is 11.0. The van der Waals surface area contributed by atoms with Crippen LogP contribution in [0.25, 0.3) is 0 Å². The molecule has 104 valence electrons. The minimum absolute atomic E-state index is 0.407. The van der Waals surface area contributed by atoms with Crippen molar-refractivity contribution in [3.8, 4) is 0 Å². The first-order chi connectivity index (χ1) is 8.79. The van der Waals surface area contributed by atoms with Crippen LogP contribution in [0.15, 0.2) is 6.20 Å². The Morgan fingerprint density at radius 3 is 2.44 bits per heavy atom. The molecule has 0 aliphatic heterocycles. The molecule has 0 radical (unpaired) electrons. The normalized spacial score (nSPS) is 12.8. The Hall–Kier alpha value is -0.900. The van der Waals surface area contributed by atoms with Gasteiger partial charge in [0.2, 0.25) is 0 Å². The van der Waals surface area contributed by atoms with Crippen LogP contribution in [-0.2, 0) is 6.54 Å². The zero-order valence-corrected chi connectivity index (χ0v) is 11.8. The number of hydrogen-bond acceptors (Lipinski definition) is 3. The third-order valence-corrected chi connectivity index (χ3v) is 3.37. The summed E-state index contributed by atoms with van der Waals surface area (Å²) in [5.41, 5.74) is 0.850. The van der Waals surface area contributed by atoms with Crippen molar-refractivity contribution in [1.29, 1.82) is 0 Å². The molecule has 0 bridgehead atoms. The van der Waals surface area contributed by atoms with Gasteiger partial charge >= 0.3 is 0 Å². The van der Waals surface area contributed by atoms with Crippen LogP contribution in [0.5, 0.6) is 0 Å². The molecule has 1 N–H and O–H groups in total. The van der Waals surface area contributed by atoms with Crippen LogP contribution in [0, 0.1) is 0 Å². The Bertz CT molecular complexity index is 312. The van der Waals surface area contributed by atoms with Gasteiger partial charge in [0.15, 0.2) is 0 Å². The largest absolute Gasteiger partial charge is 0.387 e. The van der Waals surface area contributed by atoms with E-state index in [1.165, 1.54) is 38.5 Å². The standard InChI is InChI=1S/C14H27N3O/c1-3-5-6-7-8-9-10-11-14(18)13-12-15-16-17(13)4-2/h12,14,18H,3-11H2,1-2H3. The minimum Gasteiger partial charge on any atom is -0.387 e. The summed E-state index contributed by atoms with van der Waals surface area (Å²) in [5.74, 6) is 0. The lowest BCUT2D eigenvalue weighted by atomic mass is 10.1. The summed E-state index contributed by atoms with van der Waals surface area (Å²) in [7, 11) is 0. The van der Waals surface area contributed by atoms with Gasteiger partial charge in [-0.15, -0.1) is 5.10 Å². The third-order valence-electron chi connectivity index (χ3n) is 3.37. The summed E-state index contributed by atoms with van der Waals surface area (Å²) in [6, 6.07) is 0. The minimum atomic E-state index is -0.407. The molecule has 1 unspecified atom stereocenters. The molecule has 1 aromatic rings. The molecule has 0 aromatic carbocycles. The van der Waals surface area contributed by atoms with E-state index in [2.05, 4.69) is 17.2 Å². The highest BCUT2D eigenvalue weighted by Gasteiger charge is 2.12. The number of rotatable bonds is 10. The van der Waals surface area contributed by atoms with E-state index in [1.807, 2.05) is 6.92 Å². The molecular weight excluding hydrogens is 226 g/mol. The van der Waals surface area contributed by atoms with Crippen molar-refractivity contribution in [2.24, 2.45) is 0 Å². The van der Waals surface area contributed by atoms with Gasteiger partial charge in [0.25, 0.3) is 0 Å². The fourth-order valence-electron chi connectivity index (χ4n) is 2.21. The van der Waals surface area contributed by atoms with Crippen LogP contribution in [0.3, 0.4) is 0 Å². The van der Waals surface area contributed by atoms with Gasteiger partial charge in [-0.3, -0.25) is 0 Å². The molecule has 1 heterocycles. The topological polar surface area (TPSA) is 50.9 Å². The Labute approximate surface area is 110 Å². The van der Waals surface area contributed by atoms with Crippen LogP contribution < -0.4 is 0 Å². The number of nitrogens with zero attached hydrogens (tertiary/aromatic N) is 3. The summed E-state index contributed by atoms with van der Waals surface area (Å²) in [5, 5.41) is 17.8. The molecular formula is C14H27N3O. The van der Waals surface area contributed by atoms with Gasteiger partial charge in [-0.05, 0) is 13.3 Å². The molecule has 0 saturated carbocycles. The quantitative estimate of drug-likeness (QED) is 0.649. The molecule has 0 aliphatic carbocycles. The van der Waals surface area contributed by atoms with E-state index in [0.717, 1.165) is 25.1 Å². The van der Waals surface area contributed by atoms with Crippen molar-refractivity contribution in [3.63, 3.8) is 0 Å². The van der Waals surface area contributed by atoms with E-state index >= 15 is 0 Å². The fraction of sp³-hybridized carbons (Fsp3) is 0.857. The van der Waals surface area contributed by atoms with Gasteiger partial charge in [-0.1, -0.05) is 57.1 Å². The van der Waals surface area contributed by atoms with E-state index in [9.17, 15) is 5.11 Å². The number of aliphatic hydroxyl groups is 1. The molecule has 0 aliphatic rings. The Morgan fingerprint density at radius 1 is 1.11 bits per heavy atom. The molecule has 4 heteroatoms. The molecule has 1 rings (SSSR count). The second kappa shape index (κ2) is 9.09. The molecule has 4 nitrogen and oxygen atoms in total. The fourth-order valence-corrected chi connectivity index (χ4v) is 2.21. The Morgan fingerprint density at radius 2 is 1.78 bits per heavy atom. The number of aliphatic hydroxyl groups excluding tert-OH is 1. The smallest absolute Gasteiger partial charge is 0.0973 e. The SMILES string of the molecule is CCCCCCCCCC(O)c1cnnn1CC. The highest BCUT2D eigenvalue weighted by atomic mass is 16.3. The Balaban J connectivity index is 2.12. The second-order valence-electron chi connectivity index (χ2n) is 4.90. The van der Waals surface area contributed by atoms with Crippen LogP contribution in [0.1, 0.15) is 77.0 Å². The van der Waals surface area contributed by atoms with Crippen molar-refractivity contribution in [2.75, 3.05) is 0 Å². The lowest BCUT2D eigenvalue weighted by Gasteiger charge is -2.11. The second-order valence-corrected chi connectivity index (χ2v) is 4.90.